The summed E-state index contributed by atoms with van der Waals surface area (Å²) < 4.78 is 10.3. The van der Waals surface area contributed by atoms with Gasteiger partial charge in [-0.05, 0) is 6.92 Å². The van der Waals surface area contributed by atoms with Crippen LogP contribution in [0.3, 0.4) is 0 Å². The molecule has 2 rings (SSSR count). The van der Waals surface area contributed by atoms with Gasteiger partial charge in [-0.2, -0.15) is 4.98 Å². The number of methoxy groups -OCH3 is 1. The molecule has 0 aliphatic carbocycles. The Morgan fingerprint density at radius 3 is 2.76 bits per heavy atom. The van der Waals surface area contributed by atoms with E-state index >= 15 is 0 Å². The maximum Gasteiger partial charge on any atom is 0.245 e. The van der Waals surface area contributed by atoms with Crippen molar-refractivity contribution in [2.45, 2.75) is 27.3 Å². The van der Waals surface area contributed by atoms with Gasteiger partial charge in [0.2, 0.25) is 5.89 Å². The van der Waals surface area contributed by atoms with Crippen LogP contribution in [0, 0.1) is 12.8 Å². The Morgan fingerprint density at radius 1 is 1.52 bits per heavy atom. The summed E-state index contributed by atoms with van der Waals surface area (Å²) in [4.78, 5) is 16.7. The Hall–Kier alpha value is -2.09. The number of thiophene rings is 1. The summed E-state index contributed by atoms with van der Waals surface area (Å²) in [6.07, 6.45) is 0. The predicted molar refractivity (Wildman–Crippen MR) is 80.8 cm³/mol. The van der Waals surface area contributed by atoms with Crippen LogP contribution in [-0.2, 0) is 6.54 Å². The number of nitrogen functional groups attached to an aromatic ring is 1. The van der Waals surface area contributed by atoms with E-state index in [9.17, 15) is 4.79 Å². The van der Waals surface area contributed by atoms with Crippen molar-refractivity contribution in [2.24, 2.45) is 5.92 Å². The second-order valence-electron chi connectivity index (χ2n) is 4.82. The van der Waals surface area contributed by atoms with Gasteiger partial charge in [-0.1, -0.05) is 19.0 Å². The molecule has 114 valence electrons. The number of nitrogens with zero attached hydrogens (tertiary/aromatic N) is 2. The van der Waals surface area contributed by atoms with Crippen molar-refractivity contribution in [3.63, 3.8) is 0 Å². The Bertz CT molecular complexity index is 648. The smallest absolute Gasteiger partial charge is 0.245 e. The molecule has 21 heavy (non-hydrogen) atoms. The molecule has 0 amide bonds. The second kappa shape index (κ2) is 6.13. The number of carbonyl (C=O) groups is 1. The highest BCUT2D eigenvalue weighted by atomic mass is 32.1. The quantitative estimate of drug-likeness (QED) is 0.790. The van der Waals surface area contributed by atoms with Crippen LogP contribution in [0.4, 0.5) is 10.7 Å². The van der Waals surface area contributed by atoms with Crippen LogP contribution in [0.5, 0.6) is 5.75 Å². The first-order valence-electron chi connectivity index (χ1n) is 6.47. The average Bonchev–Trinajstić information content (AvgIpc) is 2.99. The molecule has 0 atom stereocenters. The summed E-state index contributed by atoms with van der Waals surface area (Å²) in [5.41, 5.74) is 6.37. The number of hydrogen-bond donors (Lipinski definition) is 2. The average molecular weight is 310 g/mol. The fourth-order valence-electron chi connectivity index (χ4n) is 1.76. The number of carbonyl (C=O) groups excluding carboxylic acids is 1. The van der Waals surface area contributed by atoms with Gasteiger partial charge in [0.05, 0.1) is 24.2 Å². The van der Waals surface area contributed by atoms with Crippen molar-refractivity contribution < 1.29 is 14.1 Å². The third-order valence-electron chi connectivity index (χ3n) is 2.82. The molecule has 0 fully saturated rings. The molecule has 0 unspecified atom stereocenters. The molecule has 0 radical (unpaired) electrons. The van der Waals surface area contributed by atoms with E-state index in [1.807, 2.05) is 13.8 Å². The van der Waals surface area contributed by atoms with Gasteiger partial charge < -0.3 is 20.3 Å². The van der Waals surface area contributed by atoms with Crippen molar-refractivity contribution in [1.82, 2.24) is 10.1 Å². The molecule has 0 aromatic carbocycles. The fraction of sp³-hybridized carbons (Fsp3) is 0.462. The molecule has 0 bridgehead atoms. The van der Waals surface area contributed by atoms with Crippen molar-refractivity contribution in [1.29, 1.82) is 0 Å². The maximum atomic E-state index is 12.1. The van der Waals surface area contributed by atoms with Crippen LogP contribution in [0.1, 0.15) is 35.2 Å². The van der Waals surface area contributed by atoms with Gasteiger partial charge >= 0.3 is 0 Å². The molecule has 8 heteroatoms. The molecular weight excluding hydrogens is 292 g/mol. The van der Waals surface area contributed by atoms with Crippen LogP contribution >= 0.6 is 11.3 Å². The van der Waals surface area contributed by atoms with Crippen molar-refractivity contribution >= 4 is 27.8 Å². The largest absolute Gasteiger partial charge is 0.492 e. The first kappa shape index (κ1) is 15.3. The Kier molecular flexibility index (Phi) is 4.46. The van der Waals surface area contributed by atoms with Gasteiger partial charge in [0.15, 0.2) is 17.4 Å². The molecular formula is C13H18N4O3S. The van der Waals surface area contributed by atoms with Crippen LogP contribution in [0.25, 0.3) is 0 Å². The molecule has 0 spiro atoms. The zero-order chi connectivity index (χ0) is 15.6. The number of nitrogens with one attached hydrogen (secondary N) is 1. The standard InChI is InChI=1S/C13H18N4O3S/c1-6(2)10(18)12-9(14)11(19-4)13(21-12)15-5-8-16-7(3)17-20-8/h6,15H,5,14H2,1-4H3. The van der Waals surface area contributed by atoms with Crippen LogP contribution in [-0.4, -0.2) is 23.0 Å². The lowest BCUT2D eigenvalue weighted by molar-refractivity contribution is 0.0944. The Morgan fingerprint density at radius 2 is 2.24 bits per heavy atom. The number of rotatable bonds is 6. The molecule has 0 saturated carbocycles. The summed E-state index contributed by atoms with van der Waals surface area (Å²) in [6.45, 7) is 5.76. The summed E-state index contributed by atoms with van der Waals surface area (Å²) in [5, 5.41) is 7.50. The SMILES string of the molecule is COc1c(NCc2nc(C)no2)sc(C(=O)C(C)C)c1N. The van der Waals surface area contributed by atoms with Gasteiger partial charge in [0.1, 0.15) is 5.00 Å². The molecule has 3 N–H and O–H groups in total. The third-order valence-corrected chi connectivity index (χ3v) is 3.98. The maximum absolute atomic E-state index is 12.1. The predicted octanol–water partition coefficient (Wildman–Crippen LogP) is 2.48. The summed E-state index contributed by atoms with van der Waals surface area (Å²) in [5.74, 6) is 1.37. The summed E-state index contributed by atoms with van der Waals surface area (Å²) in [7, 11) is 1.52. The minimum atomic E-state index is -0.123. The van der Waals surface area contributed by atoms with Crippen LogP contribution in [0.15, 0.2) is 4.52 Å². The van der Waals surface area contributed by atoms with Crippen molar-refractivity contribution in [2.75, 3.05) is 18.2 Å². The molecule has 7 nitrogen and oxygen atoms in total. The first-order chi connectivity index (χ1) is 9.93. The highest BCUT2D eigenvalue weighted by molar-refractivity contribution is 7.19. The van der Waals surface area contributed by atoms with E-state index in [-0.39, 0.29) is 11.7 Å². The van der Waals surface area contributed by atoms with Gasteiger partial charge in [-0.15, -0.1) is 11.3 Å². The highest BCUT2D eigenvalue weighted by Crippen LogP contribution is 2.43. The van der Waals surface area contributed by atoms with E-state index in [1.54, 1.807) is 6.92 Å². The van der Waals surface area contributed by atoms with Crippen LogP contribution < -0.4 is 15.8 Å². The van der Waals surface area contributed by atoms with Gasteiger partial charge in [-0.3, -0.25) is 4.79 Å². The normalized spacial score (nSPS) is 10.9. The number of ketones is 1. The van der Waals surface area contributed by atoms with Crippen LogP contribution in [0.2, 0.25) is 0 Å². The second-order valence-corrected chi connectivity index (χ2v) is 5.84. The highest BCUT2D eigenvalue weighted by Gasteiger charge is 2.23. The minimum Gasteiger partial charge on any atom is -0.492 e. The minimum absolute atomic E-state index is 0.00233. The first-order valence-corrected chi connectivity index (χ1v) is 7.29. The number of nitrogens with two attached hydrogens (primary N) is 1. The van der Waals surface area contributed by atoms with E-state index in [1.165, 1.54) is 18.4 Å². The fourth-order valence-corrected chi connectivity index (χ4v) is 2.93. The molecule has 2 aromatic heterocycles. The monoisotopic (exact) mass is 310 g/mol. The number of hydrogen-bond acceptors (Lipinski definition) is 8. The number of ether oxygens (including phenoxy) is 1. The molecule has 0 aliphatic heterocycles. The van der Waals surface area contributed by atoms with E-state index in [0.717, 1.165) is 0 Å². The lowest BCUT2D eigenvalue weighted by atomic mass is 10.1. The van der Waals surface area contributed by atoms with Gasteiger partial charge in [0.25, 0.3) is 0 Å². The van der Waals surface area contributed by atoms with E-state index in [0.29, 0.717) is 39.6 Å². The van der Waals surface area contributed by atoms with Crippen molar-refractivity contribution in [3.05, 3.63) is 16.6 Å². The number of aryl methyl sites for hydroxylation is 1. The zero-order valence-electron chi connectivity index (χ0n) is 12.4. The Balaban J connectivity index is 2.22. The molecule has 0 aliphatic rings. The number of anilines is 2. The molecule has 0 saturated heterocycles. The van der Waals surface area contributed by atoms with Gasteiger partial charge in [0, 0.05) is 5.92 Å². The van der Waals surface area contributed by atoms with Gasteiger partial charge in [-0.25, -0.2) is 0 Å². The lowest BCUT2D eigenvalue weighted by Crippen LogP contribution is -2.07. The third kappa shape index (κ3) is 3.15. The molecule has 2 aromatic rings. The zero-order valence-corrected chi connectivity index (χ0v) is 13.2. The van der Waals surface area contributed by atoms with E-state index in [2.05, 4.69) is 15.5 Å². The van der Waals surface area contributed by atoms with E-state index < -0.39 is 0 Å². The summed E-state index contributed by atoms with van der Waals surface area (Å²) in [6, 6.07) is 0. The lowest BCUT2D eigenvalue weighted by Gasteiger charge is -2.04. The topological polar surface area (TPSA) is 103 Å². The Labute approximate surface area is 126 Å². The van der Waals surface area contributed by atoms with E-state index in [4.69, 9.17) is 15.0 Å². The van der Waals surface area contributed by atoms with Crippen molar-refractivity contribution in [3.8, 4) is 5.75 Å². The molecule has 2 heterocycles. The summed E-state index contributed by atoms with van der Waals surface area (Å²) >= 11 is 1.27. The number of aromatic nitrogens is 2. The number of Topliss-reactive ketones (excluding diaryl/α,β-unsaturated/α-hetero) is 1.